The maximum absolute atomic E-state index is 12.9. The summed E-state index contributed by atoms with van der Waals surface area (Å²) in [6.45, 7) is 0.146. The summed E-state index contributed by atoms with van der Waals surface area (Å²) >= 11 is 0. The maximum atomic E-state index is 12.9. The topological polar surface area (TPSA) is 85.6 Å². The lowest BCUT2D eigenvalue weighted by molar-refractivity contribution is -0.274. The van der Waals surface area contributed by atoms with Crippen LogP contribution in [0.2, 0.25) is 0 Å². The first-order valence-corrected chi connectivity index (χ1v) is 10.4. The van der Waals surface area contributed by atoms with Gasteiger partial charge in [0.25, 0.3) is 0 Å². The van der Waals surface area contributed by atoms with Crippen LogP contribution in [0.4, 0.5) is 32.0 Å². The average molecular weight is 501 g/mol. The van der Waals surface area contributed by atoms with Gasteiger partial charge in [0.2, 0.25) is 5.91 Å². The summed E-state index contributed by atoms with van der Waals surface area (Å²) in [7, 11) is 0. The highest BCUT2D eigenvalue weighted by molar-refractivity contribution is 5.88. The zero-order chi connectivity index (χ0) is 26.0. The predicted molar refractivity (Wildman–Crippen MR) is 112 cm³/mol. The number of rotatable bonds is 7. The SMILES string of the molecule is CC(O)(CCNC(=O)C1Cc2cc(C#N)ccc2N1Cc1cccc(OC(F)(F)F)c1)C(F)(F)F. The van der Waals surface area contributed by atoms with E-state index in [0.29, 0.717) is 29.3 Å². The number of benzene rings is 2. The van der Waals surface area contributed by atoms with Crippen LogP contribution in [0, 0.1) is 11.3 Å². The van der Waals surface area contributed by atoms with E-state index >= 15 is 0 Å². The minimum Gasteiger partial charge on any atom is -0.406 e. The van der Waals surface area contributed by atoms with Crippen molar-refractivity contribution in [2.75, 3.05) is 11.4 Å². The molecule has 0 fully saturated rings. The quantitative estimate of drug-likeness (QED) is 0.556. The highest BCUT2D eigenvalue weighted by atomic mass is 19.4. The number of carbonyl (C=O) groups excluding carboxylic acids is 1. The van der Waals surface area contributed by atoms with Gasteiger partial charge in [0.15, 0.2) is 5.60 Å². The Balaban J connectivity index is 1.81. The zero-order valence-corrected chi connectivity index (χ0v) is 18.4. The fourth-order valence-electron chi connectivity index (χ4n) is 3.74. The number of halogens is 6. The highest BCUT2D eigenvalue weighted by Crippen LogP contribution is 2.36. The first kappa shape index (κ1) is 26.2. The molecule has 0 aromatic heterocycles. The van der Waals surface area contributed by atoms with Gasteiger partial charge in [0.1, 0.15) is 11.8 Å². The molecule has 35 heavy (non-hydrogen) atoms. The molecule has 12 heteroatoms. The molecule has 0 saturated heterocycles. The van der Waals surface area contributed by atoms with E-state index < -0.39 is 48.8 Å². The fourth-order valence-corrected chi connectivity index (χ4v) is 3.74. The second kappa shape index (κ2) is 9.65. The highest BCUT2D eigenvalue weighted by Gasteiger charge is 2.49. The molecular weight excluding hydrogens is 480 g/mol. The third-order valence-corrected chi connectivity index (χ3v) is 5.62. The normalized spacial score (nSPS) is 17.3. The lowest BCUT2D eigenvalue weighted by Gasteiger charge is -2.29. The van der Waals surface area contributed by atoms with Crippen LogP contribution >= 0.6 is 0 Å². The molecule has 1 amide bonds. The Kier molecular flexibility index (Phi) is 7.21. The summed E-state index contributed by atoms with van der Waals surface area (Å²) in [4.78, 5) is 14.5. The summed E-state index contributed by atoms with van der Waals surface area (Å²) in [5, 5.41) is 21.1. The van der Waals surface area contributed by atoms with Gasteiger partial charge in [-0.2, -0.15) is 18.4 Å². The molecule has 6 nitrogen and oxygen atoms in total. The van der Waals surface area contributed by atoms with Crippen molar-refractivity contribution in [3.8, 4) is 11.8 Å². The summed E-state index contributed by atoms with van der Waals surface area (Å²) < 4.78 is 80.3. The van der Waals surface area contributed by atoms with Crippen molar-refractivity contribution in [1.29, 1.82) is 5.26 Å². The van der Waals surface area contributed by atoms with E-state index in [1.54, 1.807) is 23.1 Å². The van der Waals surface area contributed by atoms with Gasteiger partial charge >= 0.3 is 12.5 Å². The third kappa shape index (κ3) is 6.36. The Morgan fingerprint density at radius 3 is 2.54 bits per heavy atom. The molecule has 1 aliphatic rings. The molecule has 3 rings (SSSR count). The Morgan fingerprint density at radius 2 is 1.91 bits per heavy atom. The first-order valence-electron chi connectivity index (χ1n) is 10.4. The number of nitrogens with zero attached hydrogens (tertiary/aromatic N) is 2. The lowest BCUT2D eigenvalue weighted by Crippen LogP contribution is -2.48. The van der Waals surface area contributed by atoms with E-state index in [4.69, 9.17) is 5.26 Å². The number of amides is 1. The van der Waals surface area contributed by atoms with E-state index in [-0.39, 0.29) is 13.0 Å². The molecule has 188 valence electrons. The monoisotopic (exact) mass is 501 g/mol. The number of alkyl halides is 6. The Labute approximate surface area is 196 Å². The van der Waals surface area contributed by atoms with Crippen molar-refractivity contribution in [3.63, 3.8) is 0 Å². The van der Waals surface area contributed by atoms with Gasteiger partial charge in [-0.15, -0.1) is 13.2 Å². The molecule has 0 bridgehead atoms. The average Bonchev–Trinajstić information content (AvgIpc) is 3.09. The molecule has 0 spiro atoms. The molecule has 0 aliphatic carbocycles. The molecular formula is C23H21F6N3O3. The number of hydrogen-bond donors (Lipinski definition) is 2. The van der Waals surface area contributed by atoms with E-state index in [9.17, 15) is 36.2 Å². The molecule has 2 unspecified atom stereocenters. The number of aliphatic hydroxyl groups is 1. The van der Waals surface area contributed by atoms with Crippen LogP contribution in [0.5, 0.6) is 5.75 Å². The lowest BCUT2D eigenvalue weighted by atomic mass is 10.0. The minimum absolute atomic E-state index is 0.00763. The van der Waals surface area contributed by atoms with Crippen molar-refractivity contribution in [1.82, 2.24) is 5.32 Å². The van der Waals surface area contributed by atoms with E-state index in [1.165, 1.54) is 18.2 Å². The first-order chi connectivity index (χ1) is 16.2. The van der Waals surface area contributed by atoms with Gasteiger partial charge in [0.05, 0.1) is 11.6 Å². The number of hydrogen-bond acceptors (Lipinski definition) is 5. The Morgan fingerprint density at radius 1 is 1.20 bits per heavy atom. The third-order valence-electron chi connectivity index (χ3n) is 5.62. The molecule has 2 N–H and O–H groups in total. The summed E-state index contributed by atoms with van der Waals surface area (Å²) in [5.74, 6) is -1.06. The fraction of sp³-hybridized carbons (Fsp3) is 0.391. The van der Waals surface area contributed by atoms with Crippen LogP contribution in [0.15, 0.2) is 42.5 Å². The zero-order valence-electron chi connectivity index (χ0n) is 18.4. The van der Waals surface area contributed by atoms with Crippen LogP contribution in [0.1, 0.15) is 30.0 Å². The van der Waals surface area contributed by atoms with Crippen LogP contribution < -0.4 is 15.0 Å². The van der Waals surface area contributed by atoms with E-state index in [0.717, 1.165) is 6.07 Å². The van der Waals surface area contributed by atoms with Crippen LogP contribution in [-0.2, 0) is 17.8 Å². The largest absolute Gasteiger partial charge is 0.573 e. The molecule has 1 heterocycles. The van der Waals surface area contributed by atoms with Gasteiger partial charge in [-0.1, -0.05) is 12.1 Å². The van der Waals surface area contributed by atoms with Crippen molar-refractivity contribution >= 4 is 11.6 Å². The minimum atomic E-state index is -4.88. The van der Waals surface area contributed by atoms with Gasteiger partial charge in [-0.05, 0) is 48.4 Å². The predicted octanol–water partition coefficient (Wildman–Crippen LogP) is 4.21. The number of carbonyl (C=O) groups is 1. The maximum Gasteiger partial charge on any atom is 0.573 e. The number of ether oxygens (including phenoxy) is 1. The number of fused-ring (bicyclic) bond motifs is 1. The second-order valence-corrected chi connectivity index (χ2v) is 8.31. The summed E-state index contributed by atoms with van der Waals surface area (Å²) in [5.41, 5.74) is -1.06. The smallest absolute Gasteiger partial charge is 0.406 e. The Hall–Kier alpha value is -3.46. The van der Waals surface area contributed by atoms with Gasteiger partial charge < -0.3 is 20.1 Å². The molecule has 2 aromatic rings. The van der Waals surface area contributed by atoms with E-state index in [2.05, 4.69) is 10.1 Å². The molecule has 2 atom stereocenters. The second-order valence-electron chi connectivity index (χ2n) is 8.31. The standard InChI is InChI=1S/C23H21F6N3O3/c1-21(34,22(24,25)26)7-8-31-20(33)19-11-16-9-14(12-30)5-6-18(16)32(19)13-15-3-2-4-17(10-15)35-23(27,28)29/h2-6,9-10,19,34H,7-8,11,13H2,1H3,(H,31,33). The van der Waals surface area contributed by atoms with E-state index in [1.807, 2.05) is 6.07 Å². The summed E-state index contributed by atoms with van der Waals surface area (Å²) in [6, 6.07) is 11.0. The summed E-state index contributed by atoms with van der Waals surface area (Å²) in [6.07, 6.45) is -10.4. The molecule has 1 aliphatic heterocycles. The van der Waals surface area contributed by atoms with Gasteiger partial charge in [0, 0.05) is 31.6 Å². The van der Waals surface area contributed by atoms with Gasteiger partial charge in [-0.3, -0.25) is 4.79 Å². The number of nitrogens with one attached hydrogen (secondary N) is 1. The molecule has 0 saturated carbocycles. The Bertz CT molecular complexity index is 1120. The van der Waals surface area contributed by atoms with Crippen LogP contribution in [-0.4, -0.2) is 41.7 Å². The van der Waals surface area contributed by atoms with Crippen molar-refractivity contribution in [2.24, 2.45) is 0 Å². The van der Waals surface area contributed by atoms with Crippen LogP contribution in [0.3, 0.4) is 0 Å². The van der Waals surface area contributed by atoms with Crippen molar-refractivity contribution in [2.45, 2.75) is 50.5 Å². The number of nitriles is 1. The van der Waals surface area contributed by atoms with Crippen molar-refractivity contribution in [3.05, 3.63) is 59.2 Å². The molecule has 2 aromatic carbocycles. The van der Waals surface area contributed by atoms with Gasteiger partial charge in [-0.25, -0.2) is 0 Å². The molecule has 0 radical (unpaired) electrons. The number of anilines is 1. The van der Waals surface area contributed by atoms with Crippen LogP contribution in [0.25, 0.3) is 0 Å². The van der Waals surface area contributed by atoms with Crippen molar-refractivity contribution < 1.29 is 41.0 Å².